The van der Waals surface area contributed by atoms with Crippen LogP contribution in [-0.2, 0) is 13.1 Å². The standard InChI is InChI=1S/C20H25N3O.2ClH/c1-14(2)9-10-23-12-16-6-4-8-19(18(16)13-23)22-20(24)15-5-3-7-17(21)11-15;;/h3-8,11,14H,9-10,12-13,21H2,1-2H3,(H,22,24);2*1H. The fourth-order valence-corrected chi connectivity index (χ4v) is 3.08. The van der Waals surface area contributed by atoms with E-state index in [0.29, 0.717) is 17.2 Å². The molecular formula is C20H27Cl2N3O. The lowest BCUT2D eigenvalue weighted by Gasteiger charge is -2.16. The van der Waals surface area contributed by atoms with E-state index >= 15 is 0 Å². The Morgan fingerprint density at radius 1 is 1.15 bits per heavy atom. The molecule has 26 heavy (non-hydrogen) atoms. The van der Waals surface area contributed by atoms with Gasteiger partial charge in [0.05, 0.1) is 0 Å². The molecule has 1 amide bonds. The van der Waals surface area contributed by atoms with E-state index in [1.54, 1.807) is 24.3 Å². The van der Waals surface area contributed by atoms with Crippen LogP contribution < -0.4 is 11.1 Å². The van der Waals surface area contributed by atoms with Crippen LogP contribution in [-0.4, -0.2) is 17.4 Å². The lowest BCUT2D eigenvalue weighted by molar-refractivity contribution is 0.102. The quantitative estimate of drug-likeness (QED) is 0.719. The lowest BCUT2D eigenvalue weighted by Crippen LogP contribution is -2.19. The van der Waals surface area contributed by atoms with Gasteiger partial charge in [-0.2, -0.15) is 0 Å². The van der Waals surface area contributed by atoms with Gasteiger partial charge in [-0.1, -0.05) is 32.0 Å². The highest BCUT2D eigenvalue weighted by atomic mass is 35.5. The second-order valence-corrected chi connectivity index (χ2v) is 6.92. The summed E-state index contributed by atoms with van der Waals surface area (Å²) in [4.78, 5) is 14.9. The number of halogens is 2. The average Bonchev–Trinajstić information content (AvgIpc) is 2.97. The van der Waals surface area contributed by atoms with E-state index in [-0.39, 0.29) is 30.7 Å². The van der Waals surface area contributed by atoms with Crippen molar-refractivity contribution in [3.63, 3.8) is 0 Å². The van der Waals surface area contributed by atoms with Crippen LogP contribution in [0.1, 0.15) is 41.8 Å². The molecule has 1 heterocycles. The number of anilines is 2. The van der Waals surface area contributed by atoms with Crippen molar-refractivity contribution in [1.29, 1.82) is 0 Å². The normalized spacial score (nSPS) is 12.9. The van der Waals surface area contributed by atoms with Crippen molar-refractivity contribution in [2.24, 2.45) is 5.92 Å². The summed E-state index contributed by atoms with van der Waals surface area (Å²) in [5.41, 5.74) is 10.4. The Labute approximate surface area is 168 Å². The van der Waals surface area contributed by atoms with E-state index in [1.165, 1.54) is 17.5 Å². The Morgan fingerprint density at radius 3 is 2.58 bits per heavy atom. The second kappa shape index (κ2) is 9.81. The van der Waals surface area contributed by atoms with Crippen LogP contribution in [0, 0.1) is 5.92 Å². The first-order valence-corrected chi connectivity index (χ1v) is 8.53. The first-order valence-electron chi connectivity index (χ1n) is 8.53. The van der Waals surface area contributed by atoms with Crippen LogP contribution in [0.25, 0.3) is 0 Å². The number of benzene rings is 2. The lowest BCUT2D eigenvalue weighted by atomic mass is 10.1. The highest BCUT2D eigenvalue weighted by Gasteiger charge is 2.22. The molecule has 6 heteroatoms. The number of carbonyl (C=O) groups is 1. The molecule has 0 unspecified atom stereocenters. The van der Waals surface area contributed by atoms with E-state index in [4.69, 9.17) is 5.73 Å². The van der Waals surface area contributed by atoms with Gasteiger partial charge < -0.3 is 11.1 Å². The molecule has 4 nitrogen and oxygen atoms in total. The van der Waals surface area contributed by atoms with Crippen LogP contribution >= 0.6 is 24.8 Å². The maximum Gasteiger partial charge on any atom is 0.255 e. The third-order valence-electron chi connectivity index (χ3n) is 4.47. The number of amides is 1. The molecule has 0 fully saturated rings. The summed E-state index contributed by atoms with van der Waals surface area (Å²) >= 11 is 0. The third-order valence-corrected chi connectivity index (χ3v) is 4.47. The topological polar surface area (TPSA) is 58.4 Å². The third kappa shape index (κ3) is 5.37. The van der Waals surface area contributed by atoms with E-state index in [9.17, 15) is 4.79 Å². The molecule has 0 aromatic heterocycles. The molecule has 2 aromatic carbocycles. The van der Waals surface area contributed by atoms with Gasteiger partial charge in [0, 0.05) is 30.0 Å². The molecule has 0 saturated carbocycles. The van der Waals surface area contributed by atoms with Crippen molar-refractivity contribution in [1.82, 2.24) is 4.90 Å². The van der Waals surface area contributed by atoms with E-state index in [0.717, 1.165) is 25.3 Å². The molecule has 1 aliphatic rings. The number of nitrogen functional groups attached to an aromatic ring is 1. The summed E-state index contributed by atoms with van der Waals surface area (Å²) in [6.45, 7) is 7.45. The number of hydrogen-bond donors (Lipinski definition) is 2. The van der Waals surface area contributed by atoms with Crippen molar-refractivity contribution in [2.75, 3.05) is 17.6 Å². The fourth-order valence-electron chi connectivity index (χ4n) is 3.08. The highest BCUT2D eigenvalue weighted by Crippen LogP contribution is 2.30. The van der Waals surface area contributed by atoms with Gasteiger partial charge in [-0.15, -0.1) is 24.8 Å². The van der Waals surface area contributed by atoms with Crippen molar-refractivity contribution in [2.45, 2.75) is 33.4 Å². The predicted octanol–water partition coefficient (Wildman–Crippen LogP) is 4.73. The van der Waals surface area contributed by atoms with Gasteiger partial charge in [0.1, 0.15) is 0 Å². The second-order valence-electron chi connectivity index (χ2n) is 6.92. The first-order chi connectivity index (χ1) is 11.5. The number of nitrogens with one attached hydrogen (secondary N) is 1. The molecule has 1 aliphatic heterocycles. The van der Waals surface area contributed by atoms with Crippen LogP contribution in [0.15, 0.2) is 42.5 Å². The van der Waals surface area contributed by atoms with E-state index in [2.05, 4.69) is 30.1 Å². The number of nitrogens with zero attached hydrogens (tertiary/aromatic N) is 1. The van der Waals surface area contributed by atoms with Gasteiger partial charge in [-0.25, -0.2) is 0 Å². The molecule has 0 saturated heterocycles. The molecular weight excluding hydrogens is 369 g/mol. The average molecular weight is 396 g/mol. The molecule has 0 radical (unpaired) electrons. The van der Waals surface area contributed by atoms with Crippen molar-refractivity contribution < 1.29 is 4.79 Å². The Bertz CT molecular complexity index is 750. The molecule has 0 spiro atoms. The number of carbonyl (C=O) groups excluding carboxylic acids is 1. The smallest absolute Gasteiger partial charge is 0.255 e. The van der Waals surface area contributed by atoms with Crippen LogP contribution in [0.2, 0.25) is 0 Å². The van der Waals surface area contributed by atoms with Crippen molar-refractivity contribution in [3.05, 3.63) is 59.2 Å². The van der Waals surface area contributed by atoms with Crippen LogP contribution in [0.4, 0.5) is 11.4 Å². The number of rotatable bonds is 5. The zero-order valence-electron chi connectivity index (χ0n) is 15.2. The minimum atomic E-state index is -0.115. The van der Waals surface area contributed by atoms with Crippen LogP contribution in [0.5, 0.6) is 0 Å². The first kappa shape index (κ1) is 22.3. The van der Waals surface area contributed by atoms with Gasteiger partial charge in [0.2, 0.25) is 0 Å². The monoisotopic (exact) mass is 395 g/mol. The summed E-state index contributed by atoms with van der Waals surface area (Å²) in [7, 11) is 0. The number of nitrogens with two attached hydrogens (primary N) is 1. The molecule has 0 atom stereocenters. The van der Waals surface area contributed by atoms with Gasteiger partial charge in [-0.3, -0.25) is 9.69 Å². The maximum atomic E-state index is 12.5. The molecule has 0 aliphatic carbocycles. The van der Waals surface area contributed by atoms with Crippen molar-refractivity contribution >= 4 is 42.1 Å². The van der Waals surface area contributed by atoms with Crippen molar-refractivity contribution in [3.8, 4) is 0 Å². The summed E-state index contributed by atoms with van der Waals surface area (Å²) < 4.78 is 0. The summed E-state index contributed by atoms with van der Waals surface area (Å²) in [6, 6.07) is 13.2. The number of hydrogen-bond acceptors (Lipinski definition) is 3. The minimum Gasteiger partial charge on any atom is -0.399 e. The minimum absolute atomic E-state index is 0. The molecule has 3 N–H and O–H groups in total. The fraction of sp³-hybridized carbons (Fsp3) is 0.350. The molecule has 0 bridgehead atoms. The number of fused-ring (bicyclic) bond motifs is 1. The van der Waals surface area contributed by atoms with Gasteiger partial charge in [0.25, 0.3) is 5.91 Å². The van der Waals surface area contributed by atoms with Crippen LogP contribution in [0.3, 0.4) is 0 Å². The highest BCUT2D eigenvalue weighted by molar-refractivity contribution is 6.05. The zero-order valence-corrected chi connectivity index (χ0v) is 16.8. The van der Waals surface area contributed by atoms with E-state index in [1.807, 2.05) is 12.1 Å². The van der Waals surface area contributed by atoms with Gasteiger partial charge >= 0.3 is 0 Å². The van der Waals surface area contributed by atoms with Gasteiger partial charge in [-0.05, 0) is 54.3 Å². The largest absolute Gasteiger partial charge is 0.399 e. The Morgan fingerprint density at radius 2 is 1.88 bits per heavy atom. The van der Waals surface area contributed by atoms with E-state index < -0.39 is 0 Å². The Balaban J connectivity index is 0.00000169. The SMILES string of the molecule is CC(C)CCN1Cc2cccc(NC(=O)c3cccc(N)c3)c2C1.Cl.Cl. The summed E-state index contributed by atoms with van der Waals surface area (Å²) in [6.07, 6.45) is 1.19. The van der Waals surface area contributed by atoms with Gasteiger partial charge in [0.15, 0.2) is 0 Å². The Kier molecular flexibility index (Phi) is 8.41. The summed E-state index contributed by atoms with van der Waals surface area (Å²) in [5.74, 6) is 0.591. The summed E-state index contributed by atoms with van der Waals surface area (Å²) in [5, 5.41) is 3.05. The molecule has 2 aromatic rings. The predicted molar refractivity (Wildman–Crippen MR) is 113 cm³/mol. The maximum absolute atomic E-state index is 12.5. The molecule has 3 rings (SSSR count). The Hall–Kier alpha value is -1.75. The zero-order chi connectivity index (χ0) is 17.1. The molecule has 142 valence electrons.